The Bertz CT molecular complexity index is 595. The average Bonchev–Trinajstić information content (AvgIpc) is 2.89. The van der Waals surface area contributed by atoms with Crippen molar-refractivity contribution in [2.75, 3.05) is 6.61 Å². The van der Waals surface area contributed by atoms with Crippen molar-refractivity contribution in [1.29, 1.82) is 0 Å². The molecule has 1 unspecified atom stereocenters. The Morgan fingerprint density at radius 1 is 1.35 bits per heavy atom. The standard InChI is InChI=1S/C15H20N2O3/c1-5-15(4,19-6-2)14-16-13(20-17-14)11-8-7-10(3)9-12(11)18/h7-9,18H,5-6H2,1-4H3. The Balaban J connectivity index is 2.37. The minimum Gasteiger partial charge on any atom is -0.507 e. The minimum absolute atomic E-state index is 0.134. The number of phenolic OH excluding ortho intramolecular Hbond substituents is 1. The fraction of sp³-hybridized carbons (Fsp3) is 0.467. The van der Waals surface area contributed by atoms with Crippen LogP contribution in [0.1, 0.15) is 38.6 Å². The van der Waals surface area contributed by atoms with Gasteiger partial charge in [0.1, 0.15) is 11.4 Å². The topological polar surface area (TPSA) is 68.4 Å². The van der Waals surface area contributed by atoms with Crippen LogP contribution in [-0.4, -0.2) is 21.9 Å². The maximum atomic E-state index is 9.96. The maximum Gasteiger partial charge on any atom is 0.261 e. The van der Waals surface area contributed by atoms with Crippen LogP contribution in [0.2, 0.25) is 0 Å². The molecule has 0 amide bonds. The zero-order chi connectivity index (χ0) is 14.8. The molecule has 0 aliphatic heterocycles. The lowest BCUT2D eigenvalue weighted by atomic mass is 10.0. The van der Waals surface area contributed by atoms with Crippen molar-refractivity contribution in [2.24, 2.45) is 0 Å². The molecule has 0 aliphatic carbocycles. The van der Waals surface area contributed by atoms with Crippen molar-refractivity contribution in [3.63, 3.8) is 0 Å². The summed E-state index contributed by atoms with van der Waals surface area (Å²) in [6.07, 6.45) is 0.736. The normalized spacial score (nSPS) is 14.2. The van der Waals surface area contributed by atoms with Gasteiger partial charge in [-0.25, -0.2) is 0 Å². The summed E-state index contributed by atoms with van der Waals surface area (Å²) in [6, 6.07) is 5.33. The lowest BCUT2D eigenvalue weighted by Crippen LogP contribution is -2.26. The van der Waals surface area contributed by atoms with Crippen LogP contribution in [0, 0.1) is 6.92 Å². The molecule has 0 fully saturated rings. The van der Waals surface area contributed by atoms with E-state index in [4.69, 9.17) is 9.26 Å². The molecule has 1 aromatic carbocycles. The lowest BCUT2D eigenvalue weighted by Gasteiger charge is -2.23. The van der Waals surface area contributed by atoms with E-state index in [-0.39, 0.29) is 5.75 Å². The van der Waals surface area contributed by atoms with Gasteiger partial charge >= 0.3 is 0 Å². The molecule has 1 heterocycles. The number of hydrogen-bond acceptors (Lipinski definition) is 5. The summed E-state index contributed by atoms with van der Waals surface area (Å²) in [5.41, 5.74) is 0.930. The van der Waals surface area contributed by atoms with Crippen molar-refractivity contribution < 1.29 is 14.4 Å². The summed E-state index contributed by atoms with van der Waals surface area (Å²) in [5, 5.41) is 14.0. The Kier molecular flexibility index (Phi) is 4.09. The summed E-state index contributed by atoms with van der Waals surface area (Å²) in [4.78, 5) is 4.37. The Labute approximate surface area is 118 Å². The predicted octanol–water partition coefficient (Wildman–Crippen LogP) is 3.41. The summed E-state index contributed by atoms with van der Waals surface area (Å²) in [7, 11) is 0. The van der Waals surface area contributed by atoms with Crippen LogP contribution in [0.15, 0.2) is 22.7 Å². The van der Waals surface area contributed by atoms with Crippen LogP contribution < -0.4 is 0 Å². The number of aryl methyl sites for hydroxylation is 1. The second-order valence-electron chi connectivity index (χ2n) is 4.96. The van der Waals surface area contributed by atoms with E-state index in [0.29, 0.717) is 23.9 Å². The minimum atomic E-state index is -0.573. The summed E-state index contributed by atoms with van der Waals surface area (Å²) >= 11 is 0. The molecule has 1 N–H and O–H groups in total. The highest BCUT2D eigenvalue weighted by molar-refractivity contribution is 5.62. The van der Waals surface area contributed by atoms with Crippen LogP contribution in [0.4, 0.5) is 0 Å². The Hall–Kier alpha value is -1.88. The van der Waals surface area contributed by atoms with Gasteiger partial charge in [0, 0.05) is 6.61 Å². The van der Waals surface area contributed by atoms with Gasteiger partial charge in [-0.05, 0) is 44.9 Å². The molecule has 0 bridgehead atoms. The molecule has 5 nitrogen and oxygen atoms in total. The third-order valence-electron chi connectivity index (χ3n) is 3.42. The monoisotopic (exact) mass is 276 g/mol. The molecule has 2 aromatic rings. The number of aromatic nitrogens is 2. The van der Waals surface area contributed by atoms with E-state index >= 15 is 0 Å². The number of ether oxygens (including phenoxy) is 1. The molecular weight excluding hydrogens is 256 g/mol. The van der Waals surface area contributed by atoms with E-state index in [0.717, 1.165) is 12.0 Å². The molecule has 20 heavy (non-hydrogen) atoms. The summed E-state index contributed by atoms with van der Waals surface area (Å²) in [5.74, 6) is 0.934. The molecule has 0 aliphatic rings. The molecule has 1 atom stereocenters. The first-order chi connectivity index (χ1) is 9.50. The highest BCUT2D eigenvalue weighted by Gasteiger charge is 2.31. The number of phenols is 1. The number of rotatable bonds is 5. The molecule has 5 heteroatoms. The largest absolute Gasteiger partial charge is 0.507 e. The molecule has 0 saturated carbocycles. The van der Waals surface area contributed by atoms with E-state index in [1.807, 2.05) is 33.8 Å². The molecule has 2 rings (SSSR count). The van der Waals surface area contributed by atoms with Gasteiger partial charge in [-0.15, -0.1) is 0 Å². The third-order valence-corrected chi connectivity index (χ3v) is 3.42. The van der Waals surface area contributed by atoms with Crippen LogP contribution in [0.5, 0.6) is 5.75 Å². The van der Waals surface area contributed by atoms with Gasteiger partial charge in [-0.1, -0.05) is 18.1 Å². The molecule has 108 valence electrons. The van der Waals surface area contributed by atoms with Gasteiger partial charge in [0.2, 0.25) is 5.82 Å². The van der Waals surface area contributed by atoms with Gasteiger partial charge < -0.3 is 14.4 Å². The molecule has 0 radical (unpaired) electrons. The van der Waals surface area contributed by atoms with Gasteiger partial charge in [0.25, 0.3) is 5.89 Å². The number of nitrogens with zero attached hydrogens (tertiary/aromatic N) is 2. The third kappa shape index (κ3) is 2.67. The molecule has 1 aromatic heterocycles. The van der Waals surface area contributed by atoms with Crippen LogP contribution in [0.3, 0.4) is 0 Å². The van der Waals surface area contributed by atoms with E-state index < -0.39 is 5.60 Å². The van der Waals surface area contributed by atoms with Crippen molar-refractivity contribution in [3.8, 4) is 17.2 Å². The lowest BCUT2D eigenvalue weighted by molar-refractivity contribution is -0.0403. The smallest absolute Gasteiger partial charge is 0.261 e. The SMILES string of the molecule is CCOC(C)(CC)c1noc(-c2ccc(C)cc2O)n1. The second-order valence-corrected chi connectivity index (χ2v) is 4.96. The fourth-order valence-corrected chi connectivity index (χ4v) is 2.01. The number of benzene rings is 1. The summed E-state index contributed by atoms with van der Waals surface area (Å²) in [6.45, 7) is 8.35. The second kappa shape index (κ2) is 5.63. The average molecular weight is 276 g/mol. The first kappa shape index (κ1) is 14.5. The van der Waals surface area contributed by atoms with Crippen LogP contribution >= 0.6 is 0 Å². The highest BCUT2D eigenvalue weighted by Crippen LogP contribution is 2.32. The van der Waals surface area contributed by atoms with Gasteiger partial charge in [0.15, 0.2) is 0 Å². The Morgan fingerprint density at radius 3 is 2.70 bits per heavy atom. The molecule has 0 saturated heterocycles. The Morgan fingerprint density at radius 2 is 2.10 bits per heavy atom. The maximum absolute atomic E-state index is 9.96. The van der Waals surface area contributed by atoms with E-state index in [9.17, 15) is 5.11 Å². The zero-order valence-corrected chi connectivity index (χ0v) is 12.3. The van der Waals surface area contributed by atoms with Gasteiger partial charge in [0.05, 0.1) is 5.56 Å². The first-order valence-electron chi connectivity index (χ1n) is 6.78. The fourth-order valence-electron chi connectivity index (χ4n) is 2.01. The number of hydrogen-bond donors (Lipinski definition) is 1. The quantitative estimate of drug-likeness (QED) is 0.906. The van der Waals surface area contributed by atoms with Crippen LogP contribution in [0.25, 0.3) is 11.5 Å². The van der Waals surface area contributed by atoms with E-state index in [1.54, 1.807) is 12.1 Å². The van der Waals surface area contributed by atoms with Crippen molar-refractivity contribution >= 4 is 0 Å². The van der Waals surface area contributed by atoms with Crippen molar-refractivity contribution in [3.05, 3.63) is 29.6 Å². The molecular formula is C15H20N2O3. The predicted molar refractivity (Wildman–Crippen MR) is 75.4 cm³/mol. The van der Waals surface area contributed by atoms with Crippen molar-refractivity contribution in [2.45, 2.75) is 39.7 Å². The van der Waals surface area contributed by atoms with Gasteiger partial charge in [-0.3, -0.25) is 0 Å². The summed E-state index contributed by atoms with van der Waals surface area (Å²) < 4.78 is 11.0. The molecule has 0 spiro atoms. The van der Waals surface area contributed by atoms with Crippen LogP contribution in [-0.2, 0) is 10.3 Å². The van der Waals surface area contributed by atoms with E-state index in [1.165, 1.54) is 0 Å². The number of aromatic hydroxyl groups is 1. The zero-order valence-electron chi connectivity index (χ0n) is 12.3. The van der Waals surface area contributed by atoms with Gasteiger partial charge in [-0.2, -0.15) is 4.98 Å². The highest BCUT2D eigenvalue weighted by atomic mass is 16.5. The first-order valence-corrected chi connectivity index (χ1v) is 6.78. The van der Waals surface area contributed by atoms with E-state index in [2.05, 4.69) is 10.1 Å². The van der Waals surface area contributed by atoms with Crippen molar-refractivity contribution in [1.82, 2.24) is 10.1 Å².